The topological polar surface area (TPSA) is 144 Å². The van der Waals surface area contributed by atoms with Crippen LogP contribution in [-0.4, -0.2) is 65.6 Å². The molecular weight excluding hydrogens is 304 g/mol. The van der Waals surface area contributed by atoms with Crippen LogP contribution in [0.3, 0.4) is 0 Å². The van der Waals surface area contributed by atoms with Crippen molar-refractivity contribution in [3.8, 4) is 0 Å². The van der Waals surface area contributed by atoms with Gasteiger partial charge < -0.3 is 20.5 Å². The molecule has 0 bridgehead atoms. The lowest BCUT2D eigenvalue weighted by molar-refractivity contribution is -0.168. The third-order valence-corrected chi connectivity index (χ3v) is 6.88. The summed E-state index contributed by atoms with van der Waals surface area (Å²) >= 11 is 0. The molecule has 2 saturated heterocycles. The number of hydrogen-bond acceptors (Lipinski definition) is 7. The quantitative estimate of drug-likeness (QED) is 0.444. The molecule has 0 aromatic heterocycles. The van der Waals surface area contributed by atoms with E-state index in [2.05, 4.69) is 0 Å². The first-order valence-electron chi connectivity index (χ1n) is 6.21. The molecule has 9 nitrogen and oxygen atoms in total. The highest BCUT2D eigenvalue weighted by molar-refractivity contribution is 7.93. The van der Waals surface area contributed by atoms with Gasteiger partial charge >= 0.3 is 11.9 Å². The summed E-state index contributed by atoms with van der Waals surface area (Å²) in [6, 6.07) is -1.44. The maximum atomic E-state index is 12.4. The first kappa shape index (κ1) is 15.7. The Bertz CT molecular complexity index is 612. The minimum atomic E-state index is -3.89. The van der Waals surface area contributed by atoms with Gasteiger partial charge in [0.25, 0.3) is 0 Å². The molecule has 0 saturated carbocycles. The van der Waals surface area contributed by atoms with Crippen LogP contribution in [-0.2, 0) is 29.0 Å². The molecule has 3 N–H and O–H groups in total. The molecule has 0 aromatic rings. The highest BCUT2D eigenvalue weighted by Gasteiger charge is 2.72. The van der Waals surface area contributed by atoms with Crippen LogP contribution in [0.5, 0.6) is 0 Å². The lowest BCUT2D eigenvalue weighted by Crippen LogP contribution is -2.64. The summed E-state index contributed by atoms with van der Waals surface area (Å²) in [4.78, 5) is 35.2. The van der Waals surface area contributed by atoms with Gasteiger partial charge in [0.1, 0.15) is 18.6 Å². The lowest BCUT2D eigenvalue weighted by Gasteiger charge is -2.42. The van der Waals surface area contributed by atoms with Gasteiger partial charge in [-0.3, -0.25) is 9.59 Å². The summed E-state index contributed by atoms with van der Waals surface area (Å²) in [5, 5.41) is 7.93. The van der Waals surface area contributed by atoms with Gasteiger partial charge in [0, 0.05) is 0 Å². The molecule has 2 aliphatic heterocycles. The predicted octanol–water partition coefficient (Wildman–Crippen LogP) is -2.07. The van der Waals surface area contributed by atoms with Crippen molar-refractivity contribution in [3.05, 3.63) is 0 Å². The maximum absolute atomic E-state index is 12.4. The smallest absolute Gasteiger partial charge is 0.328 e. The summed E-state index contributed by atoms with van der Waals surface area (Å²) in [6.45, 7) is 1.74. The summed E-state index contributed by atoms with van der Waals surface area (Å²) < 4.78 is 28.0. The average molecular weight is 320 g/mol. The van der Waals surface area contributed by atoms with Gasteiger partial charge in [0.2, 0.25) is 5.91 Å². The summed E-state index contributed by atoms with van der Waals surface area (Å²) in [5.41, 5.74) is 5.05. The zero-order valence-corrected chi connectivity index (χ0v) is 12.3. The van der Waals surface area contributed by atoms with E-state index in [0.29, 0.717) is 0 Å². The van der Waals surface area contributed by atoms with E-state index >= 15 is 0 Å². The first-order valence-corrected chi connectivity index (χ1v) is 7.76. The van der Waals surface area contributed by atoms with Crippen molar-refractivity contribution in [1.82, 2.24) is 4.90 Å². The monoisotopic (exact) mass is 320 g/mol. The molecule has 21 heavy (non-hydrogen) atoms. The Morgan fingerprint density at radius 1 is 1.43 bits per heavy atom. The largest absolute Gasteiger partial charge is 0.480 e. The van der Waals surface area contributed by atoms with Gasteiger partial charge in [-0.05, 0) is 13.8 Å². The minimum absolute atomic E-state index is 0.384. The molecule has 2 heterocycles. The number of ether oxygens (including phenoxy) is 1. The van der Waals surface area contributed by atoms with Crippen molar-refractivity contribution in [3.63, 3.8) is 0 Å². The van der Waals surface area contributed by atoms with E-state index in [4.69, 9.17) is 10.5 Å². The number of sulfone groups is 1. The second kappa shape index (κ2) is 4.67. The Morgan fingerprint density at radius 2 is 2.00 bits per heavy atom. The number of β-lactam (4-membered cyclic amide) rings is 1. The van der Waals surface area contributed by atoms with Gasteiger partial charge in [0.15, 0.2) is 15.2 Å². The number of carboxylic acid groups (broad SMARTS) is 1. The molecule has 0 aliphatic carbocycles. The van der Waals surface area contributed by atoms with E-state index in [0.717, 1.165) is 4.90 Å². The molecule has 0 radical (unpaired) electrons. The van der Waals surface area contributed by atoms with E-state index in [1.807, 2.05) is 0 Å². The Morgan fingerprint density at radius 3 is 2.48 bits per heavy atom. The number of carboxylic acids is 1. The van der Waals surface area contributed by atoms with Crippen LogP contribution >= 0.6 is 0 Å². The Balaban J connectivity index is 2.30. The van der Waals surface area contributed by atoms with Gasteiger partial charge in [-0.15, -0.1) is 0 Å². The summed E-state index contributed by atoms with van der Waals surface area (Å²) in [7, 11) is -3.89. The minimum Gasteiger partial charge on any atom is -0.480 e. The van der Waals surface area contributed by atoms with Crippen LogP contribution in [0.1, 0.15) is 13.8 Å². The number of aliphatic carboxylic acids is 1. The molecule has 2 aliphatic rings. The predicted molar refractivity (Wildman–Crippen MR) is 68.6 cm³/mol. The van der Waals surface area contributed by atoms with Gasteiger partial charge in [-0.2, -0.15) is 0 Å². The molecule has 3 atom stereocenters. The van der Waals surface area contributed by atoms with Crippen LogP contribution in [0.4, 0.5) is 0 Å². The number of carbonyl (C=O) groups is 3. The van der Waals surface area contributed by atoms with Crippen LogP contribution in [0.15, 0.2) is 0 Å². The highest BCUT2D eigenvalue weighted by atomic mass is 32.2. The van der Waals surface area contributed by atoms with E-state index < -0.39 is 56.4 Å². The number of nitrogens with zero attached hydrogens (tertiary/aromatic N) is 1. The number of carbonyl (C=O) groups excluding carboxylic acids is 2. The van der Waals surface area contributed by atoms with E-state index in [1.54, 1.807) is 0 Å². The zero-order chi connectivity index (χ0) is 16.2. The third kappa shape index (κ3) is 1.93. The number of rotatable bonds is 4. The molecule has 1 amide bonds. The van der Waals surface area contributed by atoms with Crippen molar-refractivity contribution in [2.24, 2.45) is 11.7 Å². The van der Waals surface area contributed by atoms with Crippen LogP contribution in [0.2, 0.25) is 0 Å². The molecular formula is C11H16N2O7S. The molecule has 118 valence electrons. The highest BCUT2D eigenvalue weighted by Crippen LogP contribution is 2.48. The van der Waals surface area contributed by atoms with Crippen molar-refractivity contribution in [2.75, 3.05) is 13.2 Å². The number of hydrogen-bond donors (Lipinski definition) is 2. The van der Waals surface area contributed by atoms with Crippen molar-refractivity contribution in [2.45, 2.75) is 30.0 Å². The third-order valence-electron chi connectivity index (χ3n) is 4.00. The zero-order valence-electron chi connectivity index (χ0n) is 11.5. The van der Waals surface area contributed by atoms with Crippen molar-refractivity contribution in [1.29, 1.82) is 0 Å². The standard InChI is InChI=1S/C11H16N2O7S/c1-11(2)7(10(16)17)13-8(15)5(4-20-6(14)3-12)9(13)21(11,18)19/h5,7,9H,3-4,12H2,1-2H3,(H,16,17)/t5-,7+,9-/m1/s1. The fourth-order valence-electron chi connectivity index (χ4n) is 2.80. The number of esters is 1. The number of amides is 1. The van der Waals surface area contributed by atoms with Crippen molar-refractivity contribution >= 4 is 27.7 Å². The van der Waals surface area contributed by atoms with Gasteiger partial charge in [0.05, 0.1) is 11.3 Å². The summed E-state index contributed by atoms with van der Waals surface area (Å²) in [6.07, 6.45) is 0. The normalized spacial score (nSPS) is 32.2. The number of nitrogens with two attached hydrogens (primary N) is 1. The Labute approximate surface area is 120 Å². The van der Waals surface area contributed by atoms with E-state index in [1.165, 1.54) is 13.8 Å². The lowest BCUT2D eigenvalue weighted by atomic mass is 9.92. The fraction of sp³-hybridized carbons (Fsp3) is 0.727. The van der Waals surface area contributed by atoms with Gasteiger partial charge in [-0.1, -0.05) is 0 Å². The average Bonchev–Trinajstić information content (AvgIpc) is 2.52. The fourth-order valence-corrected chi connectivity index (χ4v) is 5.10. The maximum Gasteiger partial charge on any atom is 0.328 e. The summed E-state index contributed by atoms with van der Waals surface area (Å²) in [5.74, 6) is -3.86. The Kier molecular flexibility index (Phi) is 3.49. The molecule has 0 aromatic carbocycles. The van der Waals surface area contributed by atoms with E-state index in [-0.39, 0.29) is 6.54 Å². The van der Waals surface area contributed by atoms with Gasteiger partial charge in [-0.25, -0.2) is 13.2 Å². The van der Waals surface area contributed by atoms with Crippen molar-refractivity contribution < 1.29 is 32.6 Å². The Hall–Kier alpha value is -1.68. The SMILES string of the molecule is CC1(C)[C@H](C(=O)O)N2C(=O)[C@@H](COC(=O)CN)[C@H]2S1(=O)=O. The molecule has 0 spiro atoms. The molecule has 0 unspecified atom stereocenters. The first-order chi connectivity index (χ1) is 9.57. The second-order valence-electron chi connectivity index (χ2n) is 5.52. The second-order valence-corrected chi connectivity index (χ2v) is 8.14. The molecule has 2 rings (SSSR count). The van der Waals surface area contributed by atoms with Crippen LogP contribution < -0.4 is 5.73 Å². The van der Waals surface area contributed by atoms with Crippen LogP contribution in [0, 0.1) is 5.92 Å². The van der Waals surface area contributed by atoms with E-state index in [9.17, 15) is 27.9 Å². The van der Waals surface area contributed by atoms with Crippen LogP contribution in [0.25, 0.3) is 0 Å². The molecule has 2 fully saturated rings. The number of fused-ring (bicyclic) bond motifs is 1. The molecule has 10 heteroatoms.